The van der Waals surface area contributed by atoms with E-state index in [9.17, 15) is 9.59 Å². The lowest BCUT2D eigenvalue weighted by Crippen LogP contribution is -2.43. The van der Waals surface area contributed by atoms with E-state index in [4.69, 9.17) is 19.0 Å². The average Bonchev–Trinajstić information content (AvgIpc) is 3.77. The first-order chi connectivity index (χ1) is 18.3. The van der Waals surface area contributed by atoms with E-state index in [1.807, 2.05) is 64.6 Å². The van der Waals surface area contributed by atoms with Crippen LogP contribution in [0, 0.1) is 0 Å². The van der Waals surface area contributed by atoms with Gasteiger partial charge in [-0.15, -0.1) is 0 Å². The first-order valence-corrected chi connectivity index (χ1v) is 14.2. The number of hydrogen-bond donors (Lipinski definition) is 0. The number of hydrogen-bond acceptors (Lipinski definition) is 7. The molecule has 2 aromatic rings. The lowest BCUT2D eigenvalue weighted by molar-refractivity contribution is 0.0184. The fourth-order valence-corrected chi connectivity index (χ4v) is 5.44. The zero-order valence-electron chi connectivity index (χ0n) is 24.1. The van der Waals surface area contributed by atoms with Gasteiger partial charge in [-0.25, -0.2) is 9.59 Å². The lowest BCUT2D eigenvalue weighted by atomic mass is 9.98. The molecule has 0 N–H and O–H groups in total. The highest BCUT2D eigenvalue weighted by atomic mass is 16.6. The summed E-state index contributed by atoms with van der Waals surface area (Å²) in [6, 6.07) is 10.4. The Morgan fingerprint density at radius 2 is 1.77 bits per heavy atom. The van der Waals surface area contributed by atoms with Gasteiger partial charge in [0, 0.05) is 31.6 Å². The Balaban J connectivity index is 1.29. The van der Waals surface area contributed by atoms with E-state index < -0.39 is 11.2 Å². The van der Waals surface area contributed by atoms with Gasteiger partial charge in [0.1, 0.15) is 11.2 Å². The zero-order chi connectivity index (χ0) is 28.0. The van der Waals surface area contributed by atoms with Crippen molar-refractivity contribution in [2.45, 2.75) is 108 Å². The molecule has 1 aliphatic heterocycles. The van der Waals surface area contributed by atoms with E-state index in [0.29, 0.717) is 37.3 Å². The minimum atomic E-state index is -0.580. The van der Waals surface area contributed by atoms with E-state index in [-0.39, 0.29) is 29.6 Å². The third-order valence-electron chi connectivity index (χ3n) is 7.68. The second-order valence-corrected chi connectivity index (χ2v) is 13.4. The molecule has 1 aromatic carbocycles. The fraction of sp³-hybridized carbons (Fsp3) is 0.667. The highest BCUT2D eigenvalue weighted by molar-refractivity contribution is 5.70. The topological polar surface area (TPSA) is 98.0 Å². The molecule has 1 aromatic heterocycles. The van der Waals surface area contributed by atoms with Gasteiger partial charge in [-0.2, -0.15) is 4.98 Å². The Morgan fingerprint density at radius 1 is 1.08 bits per heavy atom. The van der Waals surface area contributed by atoms with E-state index >= 15 is 0 Å². The molecule has 3 aliphatic rings. The zero-order valence-corrected chi connectivity index (χ0v) is 24.1. The largest absolute Gasteiger partial charge is 0.444 e. The van der Waals surface area contributed by atoms with Crippen LogP contribution < -0.4 is 0 Å². The minimum absolute atomic E-state index is 0.0313. The van der Waals surface area contributed by atoms with E-state index in [0.717, 1.165) is 32.1 Å². The van der Waals surface area contributed by atoms with Crippen molar-refractivity contribution in [2.75, 3.05) is 19.6 Å². The molecule has 9 heteroatoms. The van der Waals surface area contributed by atoms with Crippen LogP contribution in [-0.4, -0.2) is 69.0 Å². The van der Waals surface area contributed by atoms with Gasteiger partial charge in [-0.1, -0.05) is 35.5 Å². The third-order valence-corrected chi connectivity index (χ3v) is 7.68. The van der Waals surface area contributed by atoms with Crippen LogP contribution in [0.2, 0.25) is 0 Å². The van der Waals surface area contributed by atoms with E-state index in [2.05, 4.69) is 17.3 Å². The number of nitrogens with zero attached hydrogens (tertiary/aromatic N) is 4. The smallest absolute Gasteiger partial charge is 0.410 e. The van der Waals surface area contributed by atoms with Gasteiger partial charge in [-0.05, 0) is 79.2 Å². The number of benzene rings is 1. The Morgan fingerprint density at radius 3 is 2.41 bits per heavy atom. The van der Waals surface area contributed by atoms with Gasteiger partial charge >= 0.3 is 12.2 Å². The number of likely N-dealkylation sites (tertiary alicyclic amines) is 1. The molecule has 39 heavy (non-hydrogen) atoms. The van der Waals surface area contributed by atoms with Crippen molar-refractivity contribution in [1.29, 1.82) is 0 Å². The van der Waals surface area contributed by atoms with Crippen LogP contribution in [0.25, 0.3) is 0 Å². The normalized spacial score (nSPS) is 24.2. The van der Waals surface area contributed by atoms with Crippen LogP contribution in [0.3, 0.4) is 0 Å². The highest BCUT2D eigenvalue weighted by Gasteiger charge is 2.55. The molecule has 9 nitrogen and oxygen atoms in total. The standard InChI is InChI=1S/C30H42N4O5/c1-28(2,3)37-26(35)33-16-10-13-21(18-33)24-31-25(32-39-24)30(14-15-30)19-34(27(36)38-29(4,5)6)23-17-22(23)20-11-8-7-9-12-20/h7-9,11-12,21-23H,10,13-19H2,1-6H3/t21-,22?,23+/m1/s1. The Hall–Kier alpha value is -3.10. The molecule has 3 atom stereocenters. The van der Waals surface area contributed by atoms with Crippen LogP contribution in [0.1, 0.15) is 103 Å². The third kappa shape index (κ3) is 6.56. The number of carbonyl (C=O) groups excluding carboxylic acids is 2. The Labute approximate surface area is 231 Å². The average molecular weight is 539 g/mol. The molecule has 212 valence electrons. The number of aromatic nitrogens is 2. The summed E-state index contributed by atoms with van der Waals surface area (Å²) in [5.74, 6) is 1.48. The fourth-order valence-electron chi connectivity index (χ4n) is 5.44. The predicted octanol–water partition coefficient (Wildman–Crippen LogP) is 6.01. The summed E-state index contributed by atoms with van der Waals surface area (Å²) in [5.41, 5.74) is -0.207. The molecule has 2 aliphatic carbocycles. The summed E-state index contributed by atoms with van der Waals surface area (Å²) in [7, 11) is 0. The first-order valence-electron chi connectivity index (χ1n) is 14.2. The maximum atomic E-state index is 13.4. The van der Waals surface area contributed by atoms with Crippen molar-refractivity contribution >= 4 is 12.2 Å². The summed E-state index contributed by atoms with van der Waals surface area (Å²) in [4.78, 5) is 34.5. The van der Waals surface area contributed by atoms with Crippen molar-refractivity contribution in [3.63, 3.8) is 0 Å². The molecule has 2 heterocycles. The summed E-state index contributed by atoms with van der Waals surface area (Å²) in [6.45, 7) is 13.0. The number of ether oxygens (including phenoxy) is 2. The molecule has 0 bridgehead atoms. The molecule has 1 unspecified atom stereocenters. The molecular formula is C30H42N4O5. The monoisotopic (exact) mass is 538 g/mol. The van der Waals surface area contributed by atoms with E-state index in [1.165, 1.54) is 5.56 Å². The van der Waals surface area contributed by atoms with Gasteiger partial charge in [0.15, 0.2) is 5.82 Å². The summed E-state index contributed by atoms with van der Waals surface area (Å²) < 4.78 is 17.2. The SMILES string of the molecule is CC(C)(C)OC(=O)N1CCC[C@@H](c2nc(C3(CN(C(=O)OC(C)(C)C)[C@H]4CC4c4ccccc4)CC3)no2)C1. The first kappa shape index (κ1) is 27.5. The second-order valence-electron chi connectivity index (χ2n) is 13.4. The predicted molar refractivity (Wildman–Crippen MR) is 146 cm³/mol. The maximum absolute atomic E-state index is 13.4. The quantitative estimate of drug-likeness (QED) is 0.444. The Bertz CT molecular complexity index is 1180. The van der Waals surface area contributed by atoms with Crippen molar-refractivity contribution in [1.82, 2.24) is 19.9 Å². The summed E-state index contributed by atoms with van der Waals surface area (Å²) in [5, 5.41) is 4.40. The van der Waals surface area contributed by atoms with Crippen LogP contribution in [-0.2, 0) is 14.9 Å². The minimum Gasteiger partial charge on any atom is -0.444 e. The molecule has 2 amide bonds. The van der Waals surface area contributed by atoms with Crippen LogP contribution in [0.5, 0.6) is 0 Å². The van der Waals surface area contributed by atoms with Gasteiger partial charge < -0.3 is 23.8 Å². The number of piperidine rings is 1. The van der Waals surface area contributed by atoms with Crippen LogP contribution in [0.15, 0.2) is 34.9 Å². The second kappa shape index (κ2) is 10.1. The molecule has 1 saturated heterocycles. The molecule has 2 saturated carbocycles. The molecule has 0 spiro atoms. The number of rotatable bonds is 6. The van der Waals surface area contributed by atoms with Gasteiger partial charge in [0.05, 0.1) is 11.3 Å². The molecule has 0 radical (unpaired) electrons. The molecule has 3 fully saturated rings. The highest BCUT2D eigenvalue weighted by Crippen LogP contribution is 2.52. The maximum Gasteiger partial charge on any atom is 0.410 e. The number of carbonyl (C=O) groups is 2. The van der Waals surface area contributed by atoms with E-state index in [1.54, 1.807) is 4.90 Å². The molecular weight excluding hydrogens is 496 g/mol. The summed E-state index contributed by atoms with van der Waals surface area (Å²) >= 11 is 0. The van der Waals surface area contributed by atoms with Crippen molar-refractivity contribution in [3.8, 4) is 0 Å². The van der Waals surface area contributed by atoms with Crippen molar-refractivity contribution < 1.29 is 23.6 Å². The molecule has 5 rings (SSSR count). The van der Waals surface area contributed by atoms with Crippen molar-refractivity contribution in [2.24, 2.45) is 0 Å². The summed E-state index contributed by atoms with van der Waals surface area (Å²) in [6.07, 6.45) is 3.82. The van der Waals surface area contributed by atoms with Gasteiger partial charge in [0.25, 0.3) is 0 Å². The lowest BCUT2D eigenvalue weighted by Gasteiger charge is -2.32. The van der Waals surface area contributed by atoms with Crippen molar-refractivity contribution in [3.05, 3.63) is 47.6 Å². The Kier molecular flexibility index (Phi) is 7.14. The van der Waals surface area contributed by atoms with Crippen LogP contribution in [0.4, 0.5) is 9.59 Å². The number of amides is 2. The van der Waals surface area contributed by atoms with Gasteiger partial charge in [0.2, 0.25) is 5.89 Å². The van der Waals surface area contributed by atoms with Gasteiger partial charge in [-0.3, -0.25) is 0 Å². The van der Waals surface area contributed by atoms with Crippen LogP contribution >= 0.6 is 0 Å².